The number of thiophene rings is 1. The van der Waals surface area contributed by atoms with Crippen molar-refractivity contribution in [3.63, 3.8) is 0 Å². The van der Waals surface area contributed by atoms with Crippen molar-refractivity contribution in [1.29, 1.82) is 0 Å². The summed E-state index contributed by atoms with van der Waals surface area (Å²) >= 11 is 1.19. The van der Waals surface area contributed by atoms with Crippen LogP contribution in [0.4, 0.5) is 4.39 Å². The van der Waals surface area contributed by atoms with Gasteiger partial charge in [-0.15, -0.1) is 4.80 Å². The van der Waals surface area contributed by atoms with Gasteiger partial charge >= 0.3 is 5.69 Å². The van der Waals surface area contributed by atoms with Gasteiger partial charge in [-0.1, -0.05) is 18.3 Å². The number of carbonyl (C=O) groups excluding carboxylic acids is 1. The van der Waals surface area contributed by atoms with Crippen LogP contribution in [0.15, 0.2) is 40.2 Å². The van der Waals surface area contributed by atoms with E-state index in [4.69, 9.17) is 9.47 Å². The van der Waals surface area contributed by atoms with Gasteiger partial charge in [0, 0.05) is 24.3 Å². The average Bonchev–Trinajstić information content (AvgIpc) is 3.65. The van der Waals surface area contributed by atoms with E-state index in [-0.39, 0.29) is 12.5 Å². The number of hydrogen-bond acceptors (Lipinski definition) is 8. The first-order valence-corrected chi connectivity index (χ1v) is 13.0. The van der Waals surface area contributed by atoms with Gasteiger partial charge in [-0.3, -0.25) is 14.2 Å². The first kappa shape index (κ1) is 25.8. The van der Waals surface area contributed by atoms with Crippen molar-refractivity contribution in [2.75, 3.05) is 20.3 Å². The van der Waals surface area contributed by atoms with Crippen LogP contribution in [-0.4, -0.2) is 50.3 Å². The minimum atomic E-state index is -0.935. The Morgan fingerprint density at radius 2 is 2.00 bits per heavy atom. The Morgan fingerprint density at radius 3 is 2.66 bits per heavy atom. The molecule has 0 radical (unpaired) electrons. The molecule has 1 amide bonds. The number of nitrogens with one attached hydrogen (secondary N) is 1. The predicted molar refractivity (Wildman–Crippen MR) is 139 cm³/mol. The Bertz CT molecular complexity index is 1610. The van der Waals surface area contributed by atoms with E-state index in [1.54, 1.807) is 6.92 Å². The van der Waals surface area contributed by atoms with Crippen LogP contribution in [-0.2, 0) is 16.1 Å². The molecule has 11 nitrogen and oxygen atoms in total. The molecule has 4 heterocycles. The summed E-state index contributed by atoms with van der Waals surface area (Å²) in [5, 5.41) is 11.9. The van der Waals surface area contributed by atoms with E-state index in [1.165, 1.54) is 58.4 Å². The average molecular weight is 543 g/mol. The molecular weight excluding hydrogens is 515 g/mol. The number of benzene rings is 1. The van der Waals surface area contributed by atoms with Crippen LogP contribution in [0.25, 0.3) is 15.2 Å². The van der Waals surface area contributed by atoms with Crippen molar-refractivity contribution < 1.29 is 18.7 Å². The number of nitrogens with zero attached hydrogens (tertiary/aromatic N) is 5. The Hall–Kier alpha value is -3.84. The first-order valence-electron chi connectivity index (χ1n) is 12.2. The molecule has 0 aliphatic carbocycles. The maximum absolute atomic E-state index is 14.3. The number of amides is 1. The summed E-state index contributed by atoms with van der Waals surface area (Å²) in [4.78, 5) is 42.1. The van der Waals surface area contributed by atoms with Gasteiger partial charge in [0.2, 0.25) is 5.91 Å². The molecule has 4 aromatic rings. The number of fused-ring (bicyclic) bond motifs is 1. The molecule has 1 fully saturated rings. The molecule has 1 aromatic carbocycles. The molecule has 38 heavy (non-hydrogen) atoms. The van der Waals surface area contributed by atoms with Crippen LogP contribution < -0.4 is 21.3 Å². The Morgan fingerprint density at radius 1 is 1.24 bits per heavy atom. The van der Waals surface area contributed by atoms with Crippen LogP contribution in [0.2, 0.25) is 0 Å². The van der Waals surface area contributed by atoms with Gasteiger partial charge in [0.1, 0.15) is 33.5 Å². The van der Waals surface area contributed by atoms with Crippen LogP contribution in [0, 0.1) is 12.7 Å². The van der Waals surface area contributed by atoms with Crippen LogP contribution in [0.3, 0.4) is 0 Å². The largest absolute Gasteiger partial charge is 0.496 e. The van der Waals surface area contributed by atoms with Gasteiger partial charge in [0.25, 0.3) is 5.56 Å². The molecule has 0 spiro atoms. The zero-order valence-electron chi connectivity index (χ0n) is 21.1. The molecule has 13 heteroatoms. The quantitative estimate of drug-likeness (QED) is 0.345. The van der Waals surface area contributed by atoms with E-state index in [0.29, 0.717) is 58.1 Å². The zero-order chi connectivity index (χ0) is 27.0. The molecule has 0 saturated carbocycles. The van der Waals surface area contributed by atoms with Gasteiger partial charge in [-0.05, 0) is 38.0 Å². The van der Waals surface area contributed by atoms with Crippen LogP contribution in [0.5, 0.6) is 5.75 Å². The topological polar surface area (TPSA) is 122 Å². The van der Waals surface area contributed by atoms with E-state index < -0.39 is 29.2 Å². The summed E-state index contributed by atoms with van der Waals surface area (Å²) in [5.41, 5.74) is -0.183. The third kappa shape index (κ3) is 4.41. The van der Waals surface area contributed by atoms with Gasteiger partial charge in [-0.25, -0.2) is 13.8 Å². The van der Waals surface area contributed by atoms with Crippen LogP contribution >= 0.6 is 11.3 Å². The van der Waals surface area contributed by atoms with Crippen molar-refractivity contribution in [1.82, 2.24) is 29.4 Å². The second-order valence-corrected chi connectivity index (χ2v) is 9.92. The summed E-state index contributed by atoms with van der Waals surface area (Å²) in [6, 6.07) is 3.18. The predicted octanol–water partition coefficient (Wildman–Crippen LogP) is 2.49. The fraction of sp³-hybridized carbons (Fsp3) is 0.400. The third-order valence-corrected chi connectivity index (χ3v) is 7.84. The number of hydrogen-bond donors (Lipinski definition) is 1. The molecular formula is C25H27FN6O5S. The number of carbonyl (C=O) groups is 1. The molecule has 0 unspecified atom stereocenters. The van der Waals surface area contributed by atoms with E-state index in [0.717, 1.165) is 4.57 Å². The fourth-order valence-corrected chi connectivity index (χ4v) is 5.97. The molecule has 0 bridgehead atoms. The van der Waals surface area contributed by atoms with Crippen molar-refractivity contribution in [2.24, 2.45) is 0 Å². The number of rotatable bonds is 9. The zero-order valence-corrected chi connectivity index (χ0v) is 22.0. The van der Waals surface area contributed by atoms with Crippen molar-refractivity contribution in [3.05, 3.63) is 68.4 Å². The highest BCUT2D eigenvalue weighted by molar-refractivity contribution is 7.21. The van der Waals surface area contributed by atoms with E-state index in [2.05, 4.69) is 15.5 Å². The second kappa shape index (κ2) is 10.5. The molecule has 1 saturated heterocycles. The Balaban J connectivity index is 1.76. The monoisotopic (exact) mass is 542 g/mol. The summed E-state index contributed by atoms with van der Waals surface area (Å²) in [5.74, 6) is -0.457. The third-order valence-electron chi connectivity index (χ3n) is 6.56. The Kier molecular flexibility index (Phi) is 7.13. The molecule has 1 aliphatic heterocycles. The number of aromatic nitrogens is 5. The van der Waals surface area contributed by atoms with Crippen molar-refractivity contribution in [2.45, 2.75) is 45.4 Å². The number of methoxy groups -OCH3 is 1. The smallest absolute Gasteiger partial charge is 0.332 e. The summed E-state index contributed by atoms with van der Waals surface area (Å²) in [6.07, 6.45) is 3.25. The standard InChI is InChI=1S/C25H27FN6O5S/c1-4-11-37-19(16-12-15(26)5-6-18(16)36-3)13-30-24-20(14(2)23(38-24)32-28-9-10-29-32)22(34)31(25(30)35)17-7-8-27-21(17)33/h5-6,9-10,12,17,19H,4,7-8,11,13H2,1-3H3,(H,27,33)/t17-,19-/m0/s1. The number of halogens is 1. The molecule has 5 rings (SSSR count). The van der Waals surface area contributed by atoms with Gasteiger partial charge in [0.05, 0.1) is 31.4 Å². The summed E-state index contributed by atoms with van der Waals surface area (Å²) in [7, 11) is 1.48. The maximum Gasteiger partial charge on any atom is 0.332 e. The number of ether oxygens (including phenoxy) is 2. The van der Waals surface area contributed by atoms with E-state index >= 15 is 0 Å². The lowest BCUT2D eigenvalue weighted by Crippen LogP contribution is -2.44. The number of aryl methyl sites for hydroxylation is 1. The lowest BCUT2D eigenvalue weighted by atomic mass is 10.1. The summed E-state index contributed by atoms with van der Waals surface area (Å²) < 4.78 is 28.4. The SMILES string of the molecule is CCCO[C@@H](Cn1c(=O)n([C@H]2CCNC2=O)c(=O)c2c(C)c(-n3nccn3)sc21)c1cc(F)ccc1OC. The van der Waals surface area contributed by atoms with Crippen molar-refractivity contribution in [3.8, 4) is 10.8 Å². The minimum absolute atomic E-state index is 0.0459. The normalized spacial score (nSPS) is 16.2. The van der Waals surface area contributed by atoms with Gasteiger partial charge < -0.3 is 14.8 Å². The van der Waals surface area contributed by atoms with E-state index in [1.807, 2.05) is 6.92 Å². The maximum atomic E-state index is 14.3. The lowest BCUT2D eigenvalue weighted by molar-refractivity contribution is -0.122. The van der Waals surface area contributed by atoms with Gasteiger partial charge in [-0.2, -0.15) is 10.2 Å². The van der Waals surface area contributed by atoms with Crippen molar-refractivity contribution >= 4 is 27.5 Å². The van der Waals surface area contributed by atoms with Crippen LogP contribution in [0.1, 0.15) is 43.0 Å². The highest BCUT2D eigenvalue weighted by atomic mass is 32.1. The minimum Gasteiger partial charge on any atom is -0.496 e. The molecule has 2 atom stereocenters. The Labute approximate surface area is 220 Å². The first-order chi connectivity index (χ1) is 18.3. The molecule has 200 valence electrons. The molecule has 1 N–H and O–H groups in total. The molecule has 3 aromatic heterocycles. The highest BCUT2D eigenvalue weighted by Gasteiger charge is 2.32. The van der Waals surface area contributed by atoms with E-state index in [9.17, 15) is 18.8 Å². The second-order valence-electron chi connectivity index (χ2n) is 8.94. The summed E-state index contributed by atoms with van der Waals surface area (Å²) in [6.45, 7) is 4.36. The van der Waals surface area contributed by atoms with Gasteiger partial charge in [0.15, 0.2) is 0 Å². The molecule has 1 aliphatic rings. The highest BCUT2D eigenvalue weighted by Crippen LogP contribution is 2.34. The fourth-order valence-electron chi connectivity index (χ4n) is 4.75. The lowest BCUT2D eigenvalue weighted by Gasteiger charge is -2.23.